The van der Waals surface area contributed by atoms with Gasteiger partial charge in [-0.05, 0) is 32.9 Å². The summed E-state index contributed by atoms with van der Waals surface area (Å²) in [6, 6.07) is 7.50. The van der Waals surface area contributed by atoms with E-state index in [0.717, 1.165) is 38.8 Å². The van der Waals surface area contributed by atoms with Crippen LogP contribution in [0.4, 0.5) is 0 Å². The van der Waals surface area contributed by atoms with Crippen molar-refractivity contribution in [2.75, 3.05) is 46.4 Å². The number of nitrogens with one attached hydrogen (secondary N) is 2. The lowest BCUT2D eigenvalue weighted by molar-refractivity contribution is -0.00834. The van der Waals surface area contributed by atoms with E-state index in [2.05, 4.69) is 34.4 Å². The first-order valence-corrected chi connectivity index (χ1v) is 9.48. The molecule has 1 atom stereocenters. The normalized spacial score (nSPS) is 17.7. The lowest BCUT2D eigenvalue weighted by atomic mass is 10.0. The SMILES string of the molecule is CN=C(NCC(C)Oc1ccccc1Cl)NCC(C)(C)N1CCOCC1. The molecule has 2 N–H and O–H groups in total. The van der Waals surface area contributed by atoms with E-state index in [1.54, 1.807) is 7.05 Å². The van der Waals surface area contributed by atoms with Crippen LogP contribution in [0.25, 0.3) is 0 Å². The van der Waals surface area contributed by atoms with E-state index in [4.69, 9.17) is 21.1 Å². The molecule has 0 aliphatic carbocycles. The van der Waals surface area contributed by atoms with E-state index in [0.29, 0.717) is 17.3 Å². The zero-order valence-corrected chi connectivity index (χ0v) is 17.0. The Morgan fingerprint density at radius 2 is 2.00 bits per heavy atom. The lowest BCUT2D eigenvalue weighted by Crippen LogP contribution is -2.56. The molecule has 0 aromatic heterocycles. The summed E-state index contributed by atoms with van der Waals surface area (Å²) >= 11 is 6.14. The van der Waals surface area contributed by atoms with Crippen LogP contribution in [0.3, 0.4) is 0 Å². The summed E-state index contributed by atoms with van der Waals surface area (Å²) in [6.45, 7) is 11.4. The lowest BCUT2D eigenvalue weighted by Gasteiger charge is -2.41. The summed E-state index contributed by atoms with van der Waals surface area (Å²) in [5.41, 5.74) is 0.0288. The van der Waals surface area contributed by atoms with Gasteiger partial charge in [-0.2, -0.15) is 0 Å². The molecule has 1 heterocycles. The minimum Gasteiger partial charge on any atom is -0.487 e. The molecule has 0 spiro atoms. The minimum atomic E-state index is -0.0410. The molecule has 6 nitrogen and oxygen atoms in total. The van der Waals surface area contributed by atoms with Crippen molar-refractivity contribution in [1.29, 1.82) is 0 Å². The van der Waals surface area contributed by atoms with Gasteiger partial charge in [0.1, 0.15) is 11.9 Å². The average molecular weight is 383 g/mol. The van der Waals surface area contributed by atoms with Crippen LogP contribution in [-0.4, -0.2) is 68.9 Å². The zero-order chi connectivity index (χ0) is 19.0. The number of hydrogen-bond donors (Lipinski definition) is 2. The van der Waals surface area contributed by atoms with Crippen molar-refractivity contribution in [1.82, 2.24) is 15.5 Å². The second kappa shape index (κ2) is 10.00. The van der Waals surface area contributed by atoms with Gasteiger partial charge in [-0.15, -0.1) is 0 Å². The fourth-order valence-corrected chi connectivity index (χ4v) is 3.02. The molecule has 0 amide bonds. The molecule has 2 rings (SSSR count). The summed E-state index contributed by atoms with van der Waals surface area (Å²) in [4.78, 5) is 6.75. The van der Waals surface area contributed by atoms with E-state index in [-0.39, 0.29) is 11.6 Å². The second-order valence-electron chi connectivity index (χ2n) is 7.08. The number of ether oxygens (including phenoxy) is 2. The Balaban J connectivity index is 1.77. The standard InChI is InChI=1S/C19H31ClN4O2/c1-15(26-17-8-6-5-7-16(17)20)13-22-18(21-4)23-14-19(2,3)24-9-11-25-12-10-24/h5-8,15H,9-14H2,1-4H3,(H2,21,22,23). The zero-order valence-electron chi connectivity index (χ0n) is 16.2. The molecule has 7 heteroatoms. The van der Waals surface area contributed by atoms with Crippen LogP contribution in [0.5, 0.6) is 5.75 Å². The van der Waals surface area contributed by atoms with Crippen LogP contribution in [0.2, 0.25) is 5.02 Å². The Kier molecular flexibility index (Phi) is 8.00. The van der Waals surface area contributed by atoms with Gasteiger partial charge in [-0.25, -0.2) is 0 Å². The molecule has 0 saturated carbocycles. The van der Waals surface area contributed by atoms with Gasteiger partial charge in [-0.3, -0.25) is 9.89 Å². The first-order valence-electron chi connectivity index (χ1n) is 9.11. The highest BCUT2D eigenvalue weighted by atomic mass is 35.5. The van der Waals surface area contributed by atoms with Crippen LogP contribution < -0.4 is 15.4 Å². The van der Waals surface area contributed by atoms with Gasteiger partial charge in [0.2, 0.25) is 0 Å². The number of benzene rings is 1. The second-order valence-corrected chi connectivity index (χ2v) is 7.48. The minimum absolute atomic E-state index is 0.0288. The number of hydrogen-bond acceptors (Lipinski definition) is 4. The number of halogens is 1. The summed E-state index contributed by atoms with van der Waals surface area (Å²) < 4.78 is 11.3. The van der Waals surface area contributed by atoms with Gasteiger partial charge in [-0.1, -0.05) is 23.7 Å². The van der Waals surface area contributed by atoms with Crippen LogP contribution in [0, 0.1) is 0 Å². The van der Waals surface area contributed by atoms with Crippen molar-refractivity contribution < 1.29 is 9.47 Å². The van der Waals surface area contributed by atoms with Gasteiger partial charge in [0, 0.05) is 32.2 Å². The third kappa shape index (κ3) is 6.34. The maximum Gasteiger partial charge on any atom is 0.191 e. The molecular formula is C19H31ClN4O2. The predicted molar refractivity (Wildman–Crippen MR) is 107 cm³/mol. The largest absolute Gasteiger partial charge is 0.487 e. The molecule has 0 radical (unpaired) electrons. The number of para-hydroxylation sites is 1. The van der Waals surface area contributed by atoms with Crippen molar-refractivity contribution in [3.8, 4) is 5.75 Å². The molecule has 0 bridgehead atoms. The van der Waals surface area contributed by atoms with Gasteiger partial charge in [0.05, 0.1) is 24.8 Å². The first-order chi connectivity index (χ1) is 12.4. The molecular weight excluding hydrogens is 352 g/mol. The van der Waals surface area contributed by atoms with E-state index in [1.807, 2.05) is 31.2 Å². The summed E-state index contributed by atoms with van der Waals surface area (Å²) in [5.74, 6) is 1.46. The molecule has 1 aromatic carbocycles. The molecule has 1 aromatic rings. The topological polar surface area (TPSA) is 58.1 Å². The highest BCUT2D eigenvalue weighted by Gasteiger charge is 2.28. The molecule has 146 valence electrons. The van der Waals surface area contributed by atoms with Crippen molar-refractivity contribution >= 4 is 17.6 Å². The maximum atomic E-state index is 6.14. The maximum absolute atomic E-state index is 6.14. The summed E-state index contributed by atoms with van der Waals surface area (Å²) in [5, 5.41) is 7.34. The molecule has 26 heavy (non-hydrogen) atoms. The molecule has 1 aliphatic rings. The van der Waals surface area contributed by atoms with Crippen molar-refractivity contribution in [3.05, 3.63) is 29.3 Å². The third-order valence-corrected chi connectivity index (χ3v) is 4.81. The van der Waals surface area contributed by atoms with Crippen LogP contribution in [0.15, 0.2) is 29.3 Å². The average Bonchev–Trinajstić information content (AvgIpc) is 2.64. The number of morpholine rings is 1. The number of nitrogens with zero attached hydrogens (tertiary/aromatic N) is 2. The van der Waals surface area contributed by atoms with E-state index in [9.17, 15) is 0 Å². The Morgan fingerprint density at radius 3 is 2.65 bits per heavy atom. The summed E-state index contributed by atoms with van der Waals surface area (Å²) in [7, 11) is 1.77. The van der Waals surface area contributed by atoms with Crippen molar-refractivity contribution in [2.45, 2.75) is 32.4 Å². The number of guanidine groups is 1. The highest BCUT2D eigenvalue weighted by molar-refractivity contribution is 6.32. The smallest absolute Gasteiger partial charge is 0.191 e. The van der Waals surface area contributed by atoms with Crippen LogP contribution >= 0.6 is 11.6 Å². The Bertz CT molecular complexity index is 589. The Hall–Kier alpha value is -1.50. The fraction of sp³-hybridized carbons (Fsp3) is 0.632. The van der Waals surface area contributed by atoms with Crippen LogP contribution in [0.1, 0.15) is 20.8 Å². The fourth-order valence-electron chi connectivity index (χ4n) is 2.84. The van der Waals surface area contributed by atoms with Gasteiger partial charge in [0.15, 0.2) is 5.96 Å². The van der Waals surface area contributed by atoms with E-state index in [1.165, 1.54) is 0 Å². The number of aliphatic imine (C=N–C) groups is 1. The van der Waals surface area contributed by atoms with E-state index < -0.39 is 0 Å². The van der Waals surface area contributed by atoms with Crippen LogP contribution in [-0.2, 0) is 4.74 Å². The van der Waals surface area contributed by atoms with Gasteiger partial charge >= 0.3 is 0 Å². The first kappa shape index (κ1) is 20.8. The Morgan fingerprint density at radius 1 is 1.31 bits per heavy atom. The predicted octanol–water partition coefficient (Wildman–Crippen LogP) is 2.38. The molecule has 1 fully saturated rings. The third-order valence-electron chi connectivity index (χ3n) is 4.50. The van der Waals surface area contributed by atoms with Gasteiger partial charge in [0.25, 0.3) is 0 Å². The van der Waals surface area contributed by atoms with Gasteiger partial charge < -0.3 is 20.1 Å². The molecule has 1 unspecified atom stereocenters. The van der Waals surface area contributed by atoms with Crippen molar-refractivity contribution in [3.63, 3.8) is 0 Å². The highest BCUT2D eigenvalue weighted by Crippen LogP contribution is 2.24. The van der Waals surface area contributed by atoms with E-state index >= 15 is 0 Å². The monoisotopic (exact) mass is 382 g/mol. The number of rotatable bonds is 7. The molecule has 1 aliphatic heterocycles. The molecule has 1 saturated heterocycles. The Labute approximate surface area is 161 Å². The summed E-state index contributed by atoms with van der Waals surface area (Å²) in [6.07, 6.45) is -0.0410. The van der Waals surface area contributed by atoms with Crippen molar-refractivity contribution in [2.24, 2.45) is 4.99 Å². The quantitative estimate of drug-likeness (QED) is 0.560.